The molecule has 28 heavy (non-hydrogen) atoms. The second kappa shape index (κ2) is 9.66. The molecule has 0 amide bonds. The van der Waals surface area contributed by atoms with Crippen LogP contribution in [0.4, 0.5) is 0 Å². The van der Waals surface area contributed by atoms with Gasteiger partial charge in [0, 0.05) is 19.1 Å². The van der Waals surface area contributed by atoms with Crippen LogP contribution < -0.4 is 9.47 Å². The van der Waals surface area contributed by atoms with Crippen molar-refractivity contribution in [3.8, 4) is 23.1 Å². The molecule has 3 rings (SSSR count). The summed E-state index contributed by atoms with van der Waals surface area (Å²) >= 11 is 0. The van der Waals surface area contributed by atoms with E-state index in [1.807, 2.05) is 54.6 Å². The first-order valence-corrected chi connectivity index (χ1v) is 9.01. The van der Waals surface area contributed by atoms with E-state index in [0.717, 1.165) is 16.9 Å². The Hall–Kier alpha value is -3.19. The van der Waals surface area contributed by atoms with Gasteiger partial charge in [0.1, 0.15) is 12.4 Å². The number of nitrogens with zero attached hydrogens (tertiary/aromatic N) is 3. The van der Waals surface area contributed by atoms with E-state index < -0.39 is 0 Å². The van der Waals surface area contributed by atoms with Crippen LogP contribution in [-0.2, 0) is 11.2 Å². The van der Waals surface area contributed by atoms with Crippen LogP contribution in [0.3, 0.4) is 0 Å². The van der Waals surface area contributed by atoms with Gasteiger partial charge in [-0.05, 0) is 36.2 Å². The molecule has 146 valence electrons. The summed E-state index contributed by atoms with van der Waals surface area (Å²) in [7, 11) is 3.19. The maximum Gasteiger partial charge on any atom is 0.336 e. The number of hydrogen-bond acceptors (Lipinski definition) is 6. The number of methoxy groups -OCH3 is 2. The Morgan fingerprint density at radius 2 is 1.75 bits per heavy atom. The van der Waals surface area contributed by atoms with Gasteiger partial charge in [0.25, 0.3) is 0 Å². The molecule has 0 aliphatic heterocycles. The first-order valence-electron chi connectivity index (χ1n) is 9.01. The fraction of sp³-hybridized carbons (Fsp3) is 0.286. The SMILES string of the molecule is COCCOc1nc(-c2ccc(OC)cc2)n(C(=O)CCc2ccccc2)n1. The first-order chi connectivity index (χ1) is 13.7. The van der Waals surface area contributed by atoms with Crippen LogP contribution in [0.15, 0.2) is 54.6 Å². The molecule has 0 aliphatic carbocycles. The largest absolute Gasteiger partial charge is 0.497 e. The zero-order chi connectivity index (χ0) is 19.8. The van der Waals surface area contributed by atoms with Gasteiger partial charge in [-0.25, -0.2) is 0 Å². The normalized spacial score (nSPS) is 10.6. The van der Waals surface area contributed by atoms with Gasteiger partial charge in [0.2, 0.25) is 5.91 Å². The zero-order valence-electron chi connectivity index (χ0n) is 16.0. The van der Waals surface area contributed by atoms with Crippen LogP contribution in [0.2, 0.25) is 0 Å². The molecule has 1 heterocycles. The monoisotopic (exact) mass is 381 g/mol. The lowest BCUT2D eigenvalue weighted by Crippen LogP contribution is -2.15. The summed E-state index contributed by atoms with van der Waals surface area (Å²) in [6.45, 7) is 0.717. The summed E-state index contributed by atoms with van der Waals surface area (Å²) in [6, 6.07) is 17.3. The number of carbonyl (C=O) groups is 1. The van der Waals surface area contributed by atoms with Crippen LogP contribution in [0, 0.1) is 0 Å². The molecule has 0 saturated heterocycles. The van der Waals surface area contributed by atoms with Crippen molar-refractivity contribution in [2.24, 2.45) is 0 Å². The Kier molecular flexibility index (Phi) is 6.75. The molecule has 7 nitrogen and oxygen atoms in total. The lowest BCUT2D eigenvalue weighted by atomic mass is 10.1. The summed E-state index contributed by atoms with van der Waals surface area (Å²) in [5.41, 5.74) is 1.85. The highest BCUT2D eigenvalue weighted by Gasteiger charge is 2.18. The average Bonchev–Trinajstić information content (AvgIpc) is 3.17. The summed E-state index contributed by atoms with van der Waals surface area (Å²) in [4.78, 5) is 17.2. The Morgan fingerprint density at radius 3 is 2.43 bits per heavy atom. The standard InChI is InChI=1S/C21H23N3O4/c1-26-14-15-28-21-22-20(17-9-11-18(27-2)12-10-17)24(23-21)19(25)13-8-16-6-4-3-5-7-16/h3-7,9-12H,8,13-15H2,1-2H3. The molecule has 0 N–H and O–H groups in total. The van der Waals surface area contributed by atoms with E-state index in [-0.39, 0.29) is 11.9 Å². The van der Waals surface area contributed by atoms with E-state index >= 15 is 0 Å². The van der Waals surface area contributed by atoms with Crippen molar-refractivity contribution in [2.75, 3.05) is 27.4 Å². The van der Waals surface area contributed by atoms with Crippen molar-refractivity contribution in [3.05, 3.63) is 60.2 Å². The van der Waals surface area contributed by atoms with E-state index in [9.17, 15) is 4.79 Å². The van der Waals surface area contributed by atoms with Crippen molar-refractivity contribution in [3.63, 3.8) is 0 Å². The molecule has 0 atom stereocenters. The highest BCUT2D eigenvalue weighted by Crippen LogP contribution is 2.23. The van der Waals surface area contributed by atoms with Crippen molar-refractivity contribution in [1.82, 2.24) is 14.8 Å². The summed E-state index contributed by atoms with van der Waals surface area (Å²) in [6.07, 6.45) is 0.940. The smallest absolute Gasteiger partial charge is 0.336 e. The molecule has 0 spiro atoms. The first kappa shape index (κ1) is 19.6. The van der Waals surface area contributed by atoms with Crippen molar-refractivity contribution in [1.29, 1.82) is 0 Å². The molecule has 3 aromatic rings. The molecule has 2 aromatic carbocycles. The van der Waals surface area contributed by atoms with Crippen LogP contribution in [0.1, 0.15) is 16.8 Å². The van der Waals surface area contributed by atoms with E-state index in [2.05, 4.69) is 10.1 Å². The molecule has 0 fully saturated rings. The fourth-order valence-electron chi connectivity index (χ4n) is 2.67. The van der Waals surface area contributed by atoms with Crippen molar-refractivity contribution >= 4 is 5.91 Å². The molecule has 0 saturated carbocycles. The van der Waals surface area contributed by atoms with E-state index in [1.54, 1.807) is 14.2 Å². The van der Waals surface area contributed by atoms with Crippen LogP contribution in [0.5, 0.6) is 11.8 Å². The second-order valence-electron chi connectivity index (χ2n) is 6.08. The fourth-order valence-corrected chi connectivity index (χ4v) is 2.67. The molecular formula is C21H23N3O4. The number of rotatable bonds is 9. The Balaban J connectivity index is 1.82. The van der Waals surface area contributed by atoms with E-state index in [0.29, 0.717) is 31.9 Å². The predicted molar refractivity (Wildman–Crippen MR) is 105 cm³/mol. The third-order valence-corrected chi connectivity index (χ3v) is 4.16. The second-order valence-corrected chi connectivity index (χ2v) is 6.08. The third-order valence-electron chi connectivity index (χ3n) is 4.16. The summed E-state index contributed by atoms with van der Waals surface area (Å²) in [5, 5.41) is 4.26. The van der Waals surface area contributed by atoms with Gasteiger partial charge < -0.3 is 14.2 Å². The minimum Gasteiger partial charge on any atom is -0.497 e. The predicted octanol–water partition coefficient (Wildman–Crippen LogP) is 3.25. The van der Waals surface area contributed by atoms with Gasteiger partial charge >= 0.3 is 6.01 Å². The maximum absolute atomic E-state index is 12.8. The van der Waals surface area contributed by atoms with Crippen LogP contribution in [-0.4, -0.2) is 48.1 Å². The van der Waals surface area contributed by atoms with Crippen molar-refractivity contribution < 1.29 is 19.0 Å². The van der Waals surface area contributed by atoms with Gasteiger partial charge in [0.15, 0.2) is 5.82 Å². The highest BCUT2D eigenvalue weighted by atomic mass is 16.5. The average molecular weight is 381 g/mol. The number of benzene rings is 2. The van der Waals surface area contributed by atoms with E-state index in [1.165, 1.54) is 4.68 Å². The molecule has 0 radical (unpaired) electrons. The van der Waals surface area contributed by atoms with Crippen LogP contribution >= 0.6 is 0 Å². The maximum atomic E-state index is 12.8. The molecule has 1 aromatic heterocycles. The zero-order valence-corrected chi connectivity index (χ0v) is 16.0. The summed E-state index contributed by atoms with van der Waals surface area (Å²) < 4.78 is 17.0. The Labute approximate surface area is 163 Å². The topological polar surface area (TPSA) is 75.5 Å². The van der Waals surface area contributed by atoms with Gasteiger partial charge in [-0.2, -0.15) is 9.67 Å². The number of hydrogen-bond donors (Lipinski definition) is 0. The quantitative estimate of drug-likeness (QED) is 0.530. The summed E-state index contributed by atoms with van der Waals surface area (Å²) in [5.74, 6) is 1.01. The highest BCUT2D eigenvalue weighted by molar-refractivity contribution is 5.82. The minimum absolute atomic E-state index is 0.149. The van der Waals surface area contributed by atoms with Gasteiger partial charge in [-0.3, -0.25) is 4.79 Å². The number of carbonyl (C=O) groups excluding carboxylic acids is 1. The molecular weight excluding hydrogens is 358 g/mol. The van der Waals surface area contributed by atoms with E-state index in [4.69, 9.17) is 14.2 Å². The van der Waals surface area contributed by atoms with Gasteiger partial charge in [0.05, 0.1) is 13.7 Å². The Bertz CT molecular complexity index is 892. The third kappa shape index (κ3) is 4.95. The minimum atomic E-state index is -0.149. The molecule has 0 unspecified atom stereocenters. The lowest BCUT2D eigenvalue weighted by Gasteiger charge is -2.06. The molecule has 0 bridgehead atoms. The number of aromatic nitrogens is 3. The molecule has 0 aliphatic rings. The van der Waals surface area contributed by atoms with Crippen LogP contribution in [0.25, 0.3) is 11.4 Å². The Morgan fingerprint density at radius 1 is 1.00 bits per heavy atom. The number of ether oxygens (including phenoxy) is 3. The van der Waals surface area contributed by atoms with Gasteiger partial charge in [-0.15, -0.1) is 5.10 Å². The number of aryl methyl sites for hydroxylation is 1. The molecule has 7 heteroatoms. The lowest BCUT2D eigenvalue weighted by molar-refractivity contribution is 0.0885. The van der Waals surface area contributed by atoms with Crippen molar-refractivity contribution in [2.45, 2.75) is 12.8 Å². The van der Waals surface area contributed by atoms with Gasteiger partial charge in [-0.1, -0.05) is 30.3 Å².